The molecule has 0 saturated carbocycles. The SMILES string of the molecule is CCOC(=O)[C@@H]1CCCN(C(=O)Cn2c(C(F)(F)F)nc3ccccc32)C1. The summed E-state index contributed by atoms with van der Waals surface area (Å²) in [6.45, 7) is 2.03. The van der Waals surface area contributed by atoms with Gasteiger partial charge in [0.15, 0.2) is 0 Å². The minimum absolute atomic E-state index is 0.158. The minimum atomic E-state index is -4.67. The highest BCUT2D eigenvalue weighted by Gasteiger charge is 2.38. The van der Waals surface area contributed by atoms with Crippen molar-refractivity contribution in [2.45, 2.75) is 32.5 Å². The van der Waals surface area contributed by atoms with Gasteiger partial charge >= 0.3 is 12.1 Å². The standard InChI is InChI=1S/C18H20F3N3O3/c1-2-27-16(26)12-6-5-9-23(10-12)15(25)11-24-14-8-4-3-7-13(14)22-17(24)18(19,20)21/h3-4,7-8,12H,2,5-6,9-11H2,1H3/t12-/m1/s1. The quantitative estimate of drug-likeness (QED) is 0.762. The van der Waals surface area contributed by atoms with Crippen molar-refractivity contribution in [1.82, 2.24) is 14.5 Å². The van der Waals surface area contributed by atoms with Gasteiger partial charge in [-0.25, -0.2) is 4.98 Å². The second kappa shape index (κ2) is 7.58. The number of alkyl halides is 3. The van der Waals surface area contributed by atoms with Crippen LogP contribution in [-0.2, 0) is 27.0 Å². The Morgan fingerprint density at radius 3 is 2.74 bits per heavy atom. The smallest absolute Gasteiger partial charge is 0.449 e. The summed E-state index contributed by atoms with van der Waals surface area (Å²) < 4.78 is 46.0. The fourth-order valence-corrected chi connectivity index (χ4v) is 3.34. The molecule has 0 N–H and O–H groups in total. The molecule has 1 aliphatic rings. The van der Waals surface area contributed by atoms with Gasteiger partial charge in [-0.1, -0.05) is 12.1 Å². The van der Waals surface area contributed by atoms with Gasteiger partial charge in [-0.2, -0.15) is 13.2 Å². The number of piperidine rings is 1. The lowest BCUT2D eigenvalue weighted by Gasteiger charge is -2.31. The molecule has 27 heavy (non-hydrogen) atoms. The molecule has 3 rings (SSSR count). The van der Waals surface area contributed by atoms with Crippen LogP contribution in [0.2, 0.25) is 0 Å². The van der Waals surface area contributed by atoms with Crippen molar-refractivity contribution in [3.63, 3.8) is 0 Å². The molecule has 1 saturated heterocycles. The summed E-state index contributed by atoms with van der Waals surface area (Å²) in [6, 6.07) is 6.17. The molecule has 1 aliphatic heterocycles. The highest BCUT2D eigenvalue weighted by molar-refractivity contribution is 5.82. The molecule has 0 unspecified atom stereocenters. The molecule has 2 heterocycles. The number of benzene rings is 1. The van der Waals surface area contributed by atoms with Crippen LogP contribution in [0.1, 0.15) is 25.6 Å². The van der Waals surface area contributed by atoms with Crippen molar-refractivity contribution in [3.8, 4) is 0 Å². The molecule has 0 spiro atoms. The molecule has 1 aromatic heterocycles. The molecule has 6 nitrogen and oxygen atoms in total. The second-order valence-electron chi connectivity index (χ2n) is 6.44. The molecule has 1 fully saturated rings. The van der Waals surface area contributed by atoms with Crippen LogP contribution < -0.4 is 0 Å². The number of nitrogens with zero attached hydrogens (tertiary/aromatic N) is 3. The zero-order chi connectivity index (χ0) is 19.6. The van der Waals surface area contributed by atoms with E-state index in [1.807, 2.05) is 0 Å². The second-order valence-corrected chi connectivity index (χ2v) is 6.44. The van der Waals surface area contributed by atoms with E-state index in [2.05, 4.69) is 4.98 Å². The number of carbonyl (C=O) groups excluding carboxylic acids is 2. The van der Waals surface area contributed by atoms with Crippen LogP contribution in [0.4, 0.5) is 13.2 Å². The van der Waals surface area contributed by atoms with Gasteiger partial charge in [-0.05, 0) is 31.9 Å². The fraction of sp³-hybridized carbons (Fsp3) is 0.500. The normalized spacial score (nSPS) is 17.9. The summed E-state index contributed by atoms with van der Waals surface area (Å²) in [7, 11) is 0. The first-order chi connectivity index (χ1) is 12.8. The maximum absolute atomic E-state index is 13.4. The number of likely N-dealkylation sites (tertiary alicyclic amines) is 1. The predicted molar refractivity (Wildman–Crippen MR) is 90.7 cm³/mol. The van der Waals surface area contributed by atoms with Gasteiger partial charge in [0.1, 0.15) is 6.54 Å². The third kappa shape index (κ3) is 4.06. The van der Waals surface area contributed by atoms with Gasteiger partial charge in [0, 0.05) is 13.1 Å². The number of ether oxygens (including phenoxy) is 1. The lowest BCUT2D eigenvalue weighted by molar-refractivity contribution is -0.151. The number of esters is 1. The Morgan fingerprint density at radius 1 is 1.30 bits per heavy atom. The van der Waals surface area contributed by atoms with E-state index in [4.69, 9.17) is 4.74 Å². The summed E-state index contributed by atoms with van der Waals surface area (Å²) in [5.74, 6) is -2.39. The van der Waals surface area contributed by atoms with Gasteiger partial charge in [0.25, 0.3) is 0 Å². The van der Waals surface area contributed by atoms with Crippen molar-refractivity contribution < 1.29 is 27.5 Å². The predicted octanol–water partition coefficient (Wildman–Crippen LogP) is 2.86. The molecule has 0 bridgehead atoms. The summed E-state index contributed by atoms with van der Waals surface area (Å²) in [5.41, 5.74) is 0.429. The average molecular weight is 383 g/mol. The Morgan fingerprint density at radius 2 is 2.04 bits per heavy atom. The van der Waals surface area contributed by atoms with E-state index in [-0.39, 0.29) is 30.2 Å². The summed E-state index contributed by atoms with van der Waals surface area (Å²) >= 11 is 0. The van der Waals surface area contributed by atoms with Gasteiger partial charge in [-0.3, -0.25) is 9.59 Å². The third-order valence-corrected chi connectivity index (χ3v) is 4.60. The number of rotatable bonds is 4. The average Bonchev–Trinajstić information content (AvgIpc) is 3.01. The lowest BCUT2D eigenvalue weighted by atomic mass is 9.98. The Labute approximate surface area is 153 Å². The van der Waals surface area contributed by atoms with Crippen LogP contribution in [0.3, 0.4) is 0 Å². The summed E-state index contributed by atoms with van der Waals surface area (Å²) in [4.78, 5) is 29.7. The minimum Gasteiger partial charge on any atom is -0.466 e. The number of para-hydroxylation sites is 2. The number of aromatic nitrogens is 2. The van der Waals surface area contributed by atoms with E-state index >= 15 is 0 Å². The van der Waals surface area contributed by atoms with E-state index in [0.29, 0.717) is 19.4 Å². The Hall–Kier alpha value is -2.58. The van der Waals surface area contributed by atoms with Crippen LogP contribution in [-0.4, -0.2) is 46.0 Å². The first-order valence-electron chi connectivity index (χ1n) is 8.78. The number of hydrogen-bond acceptors (Lipinski definition) is 4. The molecule has 0 radical (unpaired) electrons. The van der Waals surface area contributed by atoms with Crippen molar-refractivity contribution in [2.75, 3.05) is 19.7 Å². The first-order valence-corrected chi connectivity index (χ1v) is 8.78. The lowest BCUT2D eigenvalue weighted by Crippen LogP contribution is -2.44. The molecule has 1 amide bonds. The van der Waals surface area contributed by atoms with Crippen LogP contribution >= 0.6 is 0 Å². The van der Waals surface area contributed by atoms with E-state index in [0.717, 1.165) is 4.57 Å². The van der Waals surface area contributed by atoms with E-state index in [1.165, 1.54) is 17.0 Å². The van der Waals surface area contributed by atoms with Crippen molar-refractivity contribution >= 4 is 22.9 Å². The first kappa shape index (κ1) is 19.2. The Balaban J connectivity index is 1.82. The molecular formula is C18H20F3N3O3. The summed E-state index contributed by atoms with van der Waals surface area (Å²) in [6.07, 6.45) is -3.47. The molecule has 1 aromatic carbocycles. The molecular weight excluding hydrogens is 363 g/mol. The van der Waals surface area contributed by atoms with Crippen molar-refractivity contribution in [2.24, 2.45) is 5.92 Å². The molecule has 0 aliphatic carbocycles. The molecule has 2 aromatic rings. The van der Waals surface area contributed by atoms with Gasteiger partial charge in [0.2, 0.25) is 11.7 Å². The van der Waals surface area contributed by atoms with Crippen LogP contribution in [0.25, 0.3) is 11.0 Å². The monoisotopic (exact) mass is 383 g/mol. The van der Waals surface area contributed by atoms with Crippen LogP contribution in [0, 0.1) is 5.92 Å². The van der Waals surface area contributed by atoms with Crippen LogP contribution in [0.5, 0.6) is 0 Å². The number of amides is 1. The number of halogens is 3. The largest absolute Gasteiger partial charge is 0.466 e. The van der Waals surface area contributed by atoms with E-state index in [1.54, 1.807) is 19.1 Å². The maximum atomic E-state index is 13.4. The fourth-order valence-electron chi connectivity index (χ4n) is 3.34. The van der Waals surface area contributed by atoms with Crippen molar-refractivity contribution in [1.29, 1.82) is 0 Å². The van der Waals surface area contributed by atoms with E-state index in [9.17, 15) is 22.8 Å². The third-order valence-electron chi connectivity index (χ3n) is 4.60. The maximum Gasteiger partial charge on any atom is 0.449 e. The summed E-state index contributed by atoms with van der Waals surface area (Å²) in [5, 5.41) is 0. The molecule has 9 heteroatoms. The number of fused-ring (bicyclic) bond motifs is 1. The van der Waals surface area contributed by atoms with Gasteiger partial charge in [-0.15, -0.1) is 0 Å². The zero-order valence-electron chi connectivity index (χ0n) is 14.8. The van der Waals surface area contributed by atoms with Gasteiger partial charge < -0.3 is 14.2 Å². The van der Waals surface area contributed by atoms with Crippen molar-refractivity contribution in [3.05, 3.63) is 30.1 Å². The number of imidazole rings is 1. The highest BCUT2D eigenvalue weighted by atomic mass is 19.4. The topological polar surface area (TPSA) is 64.4 Å². The molecule has 1 atom stereocenters. The number of carbonyl (C=O) groups is 2. The van der Waals surface area contributed by atoms with E-state index < -0.39 is 30.4 Å². The molecule has 146 valence electrons. The Kier molecular flexibility index (Phi) is 5.38. The Bertz CT molecular complexity index is 847. The van der Waals surface area contributed by atoms with Gasteiger partial charge in [0.05, 0.1) is 23.6 Å². The highest BCUT2D eigenvalue weighted by Crippen LogP contribution is 2.31. The zero-order valence-corrected chi connectivity index (χ0v) is 14.8. The number of hydrogen-bond donors (Lipinski definition) is 0. The van der Waals surface area contributed by atoms with Crippen LogP contribution in [0.15, 0.2) is 24.3 Å².